The second-order valence-corrected chi connectivity index (χ2v) is 4.50. The maximum absolute atomic E-state index is 11.9. The third kappa shape index (κ3) is 1.98. The third-order valence-corrected chi connectivity index (χ3v) is 3.45. The molecule has 2 rings (SSSR count). The Bertz CT molecular complexity index is 278. The third-order valence-electron chi connectivity index (χ3n) is 3.45. The lowest BCUT2D eigenvalue weighted by Crippen LogP contribution is -2.47. The van der Waals surface area contributed by atoms with E-state index in [1.54, 1.807) is 7.05 Å². The van der Waals surface area contributed by atoms with E-state index in [2.05, 4.69) is 15.6 Å². The number of hydrogen-bond acceptors (Lipinski definition) is 2. The topological polar surface area (TPSA) is 53.5 Å². The molecule has 15 heavy (non-hydrogen) atoms. The van der Waals surface area contributed by atoms with Crippen molar-refractivity contribution in [3.05, 3.63) is 0 Å². The van der Waals surface area contributed by atoms with Gasteiger partial charge in [0.25, 0.3) is 5.91 Å². The number of hydrogen-bond donors (Lipinski definition) is 2. The Labute approximate surface area is 90.5 Å². The first-order valence-electron chi connectivity index (χ1n) is 5.83. The summed E-state index contributed by atoms with van der Waals surface area (Å²) in [6.07, 6.45) is 7.96. The first kappa shape index (κ1) is 10.5. The molecule has 1 saturated heterocycles. The number of aliphatic imine (C=N–C) groups is 1. The first-order valence-corrected chi connectivity index (χ1v) is 5.83. The molecule has 4 nitrogen and oxygen atoms in total. The molecule has 1 heterocycles. The Morgan fingerprint density at radius 1 is 1.13 bits per heavy atom. The Morgan fingerprint density at radius 3 is 2.27 bits per heavy atom. The van der Waals surface area contributed by atoms with Crippen molar-refractivity contribution in [3.8, 4) is 0 Å². The van der Waals surface area contributed by atoms with Crippen LogP contribution >= 0.6 is 0 Å². The van der Waals surface area contributed by atoms with Crippen LogP contribution in [0.2, 0.25) is 0 Å². The fraction of sp³-hybridized carbons (Fsp3) is 0.818. The van der Waals surface area contributed by atoms with Gasteiger partial charge in [-0.2, -0.15) is 0 Å². The van der Waals surface area contributed by atoms with Gasteiger partial charge in [-0.15, -0.1) is 0 Å². The quantitative estimate of drug-likeness (QED) is 0.629. The summed E-state index contributed by atoms with van der Waals surface area (Å²) in [4.78, 5) is 15.9. The van der Waals surface area contributed by atoms with Crippen LogP contribution in [-0.2, 0) is 4.79 Å². The monoisotopic (exact) mass is 209 g/mol. The van der Waals surface area contributed by atoms with E-state index in [1.165, 1.54) is 19.3 Å². The maximum Gasteiger partial charge on any atom is 0.252 e. The molecule has 0 aromatic carbocycles. The van der Waals surface area contributed by atoms with E-state index in [0.29, 0.717) is 5.96 Å². The average molecular weight is 209 g/mol. The van der Waals surface area contributed by atoms with Gasteiger partial charge >= 0.3 is 0 Å². The van der Waals surface area contributed by atoms with E-state index >= 15 is 0 Å². The van der Waals surface area contributed by atoms with Crippen LogP contribution in [0, 0.1) is 0 Å². The van der Waals surface area contributed by atoms with Crippen LogP contribution in [0.5, 0.6) is 0 Å². The molecule has 1 spiro atoms. The standard InChI is InChI=1S/C11H19N3O/c1-12-10-13-9(15)11(14-10)7-5-3-2-4-6-8-11/h2-8H2,1H3,(H2,12,13,14,15). The molecule has 1 aliphatic heterocycles. The highest BCUT2D eigenvalue weighted by molar-refractivity contribution is 6.08. The van der Waals surface area contributed by atoms with Gasteiger partial charge < -0.3 is 5.32 Å². The lowest BCUT2D eigenvalue weighted by molar-refractivity contribution is -0.124. The van der Waals surface area contributed by atoms with Crippen LogP contribution in [0.4, 0.5) is 0 Å². The Hall–Kier alpha value is -1.06. The zero-order chi connectivity index (χ0) is 10.7. The van der Waals surface area contributed by atoms with Gasteiger partial charge in [-0.25, -0.2) is 0 Å². The molecule has 4 heteroatoms. The van der Waals surface area contributed by atoms with Crippen LogP contribution in [0.15, 0.2) is 4.99 Å². The molecule has 0 bridgehead atoms. The Balaban J connectivity index is 2.12. The lowest BCUT2D eigenvalue weighted by atomic mass is 9.84. The molecular weight excluding hydrogens is 190 g/mol. The second kappa shape index (κ2) is 4.21. The average Bonchev–Trinajstić information content (AvgIpc) is 2.51. The zero-order valence-electron chi connectivity index (χ0n) is 9.31. The fourth-order valence-electron chi connectivity index (χ4n) is 2.51. The molecule has 0 unspecified atom stereocenters. The van der Waals surface area contributed by atoms with E-state index in [1.807, 2.05) is 0 Å². The van der Waals surface area contributed by atoms with Crippen molar-refractivity contribution in [2.24, 2.45) is 4.99 Å². The van der Waals surface area contributed by atoms with Gasteiger partial charge in [-0.05, 0) is 12.8 Å². The maximum atomic E-state index is 11.9. The normalized spacial score (nSPS) is 28.3. The molecule has 2 N–H and O–H groups in total. The molecule has 0 atom stereocenters. The number of guanidine groups is 1. The van der Waals surface area contributed by atoms with Gasteiger partial charge in [0, 0.05) is 7.05 Å². The minimum absolute atomic E-state index is 0.116. The number of nitrogens with zero attached hydrogens (tertiary/aromatic N) is 1. The molecule has 0 aromatic rings. The van der Waals surface area contributed by atoms with Crippen molar-refractivity contribution >= 4 is 11.9 Å². The Morgan fingerprint density at radius 2 is 1.73 bits per heavy atom. The zero-order valence-corrected chi connectivity index (χ0v) is 9.31. The summed E-state index contributed by atoms with van der Waals surface area (Å²) >= 11 is 0. The van der Waals surface area contributed by atoms with Gasteiger partial charge in [-0.3, -0.25) is 15.1 Å². The van der Waals surface area contributed by atoms with Crippen molar-refractivity contribution in [1.29, 1.82) is 0 Å². The van der Waals surface area contributed by atoms with Crippen LogP contribution in [0.1, 0.15) is 44.9 Å². The van der Waals surface area contributed by atoms with E-state index < -0.39 is 0 Å². The number of rotatable bonds is 0. The number of amides is 1. The molecule has 0 aromatic heterocycles. The summed E-state index contributed by atoms with van der Waals surface area (Å²) in [6.45, 7) is 0. The predicted octanol–water partition coefficient (Wildman–Crippen LogP) is 1.17. The molecule has 1 aliphatic carbocycles. The highest BCUT2D eigenvalue weighted by Crippen LogP contribution is 2.28. The van der Waals surface area contributed by atoms with Gasteiger partial charge in [-0.1, -0.05) is 32.1 Å². The van der Waals surface area contributed by atoms with Crippen LogP contribution in [0.25, 0.3) is 0 Å². The fourth-order valence-corrected chi connectivity index (χ4v) is 2.51. The highest BCUT2D eigenvalue weighted by atomic mass is 16.2. The molecule has 2 fully saturated rings. The second-order valence-electron chi connectivity index (χ2n) is 4.50. The summed E-state index contributed by atoms with van der Waals surface area (Å²) in [5, 5.41) is 6.08. The van der Waals surface area contributed by atoms with Crippen LogP contribution in [0.3, 0.4) is 0 Å². The molecule has 2 aliphatic rings. The first-order chi connectivity index (χ1) is 7.27. The number of nitrogens with one attached hydrogen (secondary N) is 2. The van der Waals surface area contributed by atoms with E-state index in [-0.39, 0.29) is 11.4 Å². The molecule has 84 valence electrons. The molecule has 1 saturated carbocycles. The van der Waals surface area contributed by atoms with Crippen LogP contribution in [-0.4, -0.2) is 24.5 Å². The van der Waals surface area contributed by atoms with Gasteiger partial charge in [0.05, 0.1) is 0 Å². The van der Waals surface area contributed by atoms with Gasteiger partial charge in [0.1, 0.15) is 5.54 Å². The SMILES string of the molecule is CN=C1NC(=O)C2(CCCCCCC2)N1. The van der Waals surface area contributed by atoms with Gasteiger partial charge in [0.2, 0.25) is 0 Å². The van der Waals surface area contributed by atoms with Crippen molar-refractivity contribution < 1.29 is 4.79 Å². The number of carbonyl (C=O) groups is 1. The van der Waals surface area contributed by atoms with Crippen molar-refractivity contribution in [3.63, 3.8) is 0 Å². The summed E-state index contributed by atoms with van der Waals surface area (Å²) < 4.78 is 0. The molecule has 1 amide bonds. The minimum Gasteiger partial charge on any atom is -0.342 e. The minimum atomic E-state index is -0.352. The summed E-state index contributed by atoms with van der Waals surface area (Å²) in [6, 6.07) is 0. The smallest absolute Gasteiger partial charge is 0.252 e. The van der Waals surface area contributed by atoms with Gasteiger partial charge in [0.15, 0.2) is 5.96 Å². The summed E-state index contributed by atoms with van der Waals surface area (Å²) in [7, 11) is 1.70. The summed E-state index contributed by atoms with van der Waals surface area (Å²) in [5.74, 6) is 0.755. The molecular formula is C11H19N3O. The van der Waals surface area contributed by atoms with E-state index in [0.717, 1.165) is 25.7 Å². The van der Waals surface area contributed by atoms with Crippen LogP contribution < -0.4 is 10.6 Å². The van der Waals surface area contributed by atoms with Crippen molar-refractivity contribution in [1.82, 2.24) is 10.6 Å². The summed E-state index contributed by atoms with van der Waals surface area (Å²) in [5.41, 5.74) is -0.352. The highest BCUT2D eigenvalue weighted by Gasteiger charge is 2.43. The number of carbonyl (C=O) groups excluding carboxylic acids is 1. The predicted molar refractivity (Wildman–Crippen MR) is 59.7 cm³/mol. The van der Waals surface area contributed by atoms with Crippen molar-refractivity contribution in [2.75, 3.05) is 7.05 Å². The van der Waals surface area contributed by atoms with Crippen molar-refractivity contribution in [2.45, 2.75) is 50.5 Å². The van der Waals surface area contributed by atoms with E-state index in [9.17, 15) is 4.79 Å². The Kier molecular flexibility index (Phi) is 2.93. The lowest BCUT2D eigenvalue weighted by Gasteiger charge is -2.28. The van der Waals surface area contributed by atoms with E-state index in [4.69, 9.17) is 0 Å². The largest absolute Gasteiger partial charge is 0.342 e. The molecule has 0 radical (unpaired) electrons.